The topological polar surface area (TPSA) is 110 Å². The lowest BCUT2D eigenvalue weighted by atomic mass is 9.98. The highest BCUT2D eigenvalue weighted by Crippen LogP contribution is 2.61. The van der Waals surface area contributed by atoms with Crippen molar-refractivity contribution in [2.24, 2.45) is 12.8 Å². The van der Waals surface area contributed by atoms with Gasteiger partial charge in [0.25, 0.3) is 5.56 Å². The van der Waals surface area contributed by atoms with Crippen LogP contribution in [0.4, 0.5) is 11.5 Å². The van der Waals surface area contributed by atoms with Gasteiger partial charge in [0.05, 0.1) is 28.4 Å². The Bertz CT molecular complexity index is 1500. The lowest BCUT2D eigenvalue weighted by Gasteiger charge is -2.20. The maximum absolute atomic E-state index is 13.6. The lowest BCUT2D eigenvalue weighted by Crippen LogP contribution is -2.29. The van der Waals surface area contributed by atoms with E-state index in [2.05, 4.69) is 15.3 Å². The molecule has 1 fully saturated rings. The first-order valence-electron chi connectivity index (χ1n) is 10.3. The van der Waals surface area contributed by atoms with Crippen LogP contribution in [0.5, 0.6) is 0 Å². The normalized spacial score (nSPS) is 16.2. The zero-order valence-electron chi connectivity index (χ0n) is 17.2. The van der Waals surface area contributed by atoms with E-state index >= 15 is 0 Å². The van der Waals surface area contributed by atoms with Crippen molar-refractivity contribution in [3.8, 4) is 11.1 Å². The molecule has 0 radical (unpaired) electrons. The van der Waals surface area contributed by atoms with Crippen molar-refractivity contribution in [1.29, 1.82) is 0 Å². The summed E-state index contributed by atoms with van der Waals surface area (Å²) in [5.74, 6) is 0.681. The molecule has 32 heavy (non-hydrogen) atoms. The van der Waals surface area contributed by atoms with Crippen molar-refractivity contribution in [2.45, 2.75) is 24.8 Å². The zero-order valence-corrected chi connectivity index (χ0v) is 18.0. The molecule has 160 valence electrons. The predicted octanol–water partition coefficient (Wildman–Crippen LogP) is 3.15. The van der Waals surface area contributed by atoms with Crippen molar-refractivity contribution < 1.29 is 4.79 Å². The standard InChI is InChI=1S/C23H19ClN6O2/c1-29-21(30-18-4-2-3-16(24)19(18)23(7-8-23)22(30)32)15(11-26-29)12-5-6-13-14(9-12)17(10-25)27-28-20(13)31/h2-6,9,11H,7-8,10,25H2,1H3,(H,28,31). The van der Waals surface area contributed by atoms with E-state index in [0.29, 0.717) is 27.3 Å². The number of hydrogen-bond donors (Lipinski definition) is 2. The molecule has 0 bridgehead atoms. The molecule has 2 aromatic heterocycles. The number of carbonyl (C=O) groups is 1. The van der Waals surface area contributed by atoms with Crippen LogP contribution < -0.4 is 16.2 Å². The summed E-state index contributed by atoms with van der Waals surface area (Å²) >= 11 is 6.54. The SMILES string of the molecule is Cn1ncc(-c2ccc3c(=O)[nH]nc(CN)c3c2)c1N1C(=O)C2(CC2)c2c(Cl)cccc21. The van der Waals surface area contributed by atoms with Crippen LogP contribution in [-0.2, 0) is 23.8 Å². The minimum Gasteiger partial charge on any atom is -0.325 e. The van der Waals surface area contributed by atoms with E-state index in [0.717, 1.165) is 35.2 Å². The average molecular weight is 447 g/mol. The molecule has 9 heteroatoms. The molecule has 3 N–H and O–H groups in total. The number of nitrogens with one attached hydrogen (secondary N) is 1. The van der Waals surface area contributed by atoms with Crippen LogP contribution in [0, 0.1) is 0 Å². The lowest BCUT2D eigenvalue weighted by molar-refractivity contribution is -0.119. The number of nitrogens with two attached hydrogens (primary N) is 1. The predicted molar refractivity (Wildman–Crippen MR) is 122 cm³/mol. The van der Waals surface area contributed by atoms with Crippen LogP contribution >= 0.6 is 11.6 Å². The van der Waals surface area contributed by atoms with Crippen LogP contribution in [0.3, 0.4) is 0 Å². The molecule has 0 saturated heterocycles. The van der Waals surface area contributed by atoms with Gasteiger partial charge < -0.3 is 5.73 Å². The molecule has 1 aliphatic carbocycles. The quantitative estimate of drug-likeness (QED) is 0.502. The molecule has 0 unspecified atom stereocenters. The molecule has 4 aromatic rings. The Morgan fingerprint density at radius 3 is 2.75 bits per heavy atom. The number of hydrogen-bond acceptors (Lipinski definition) is 5. The maximum Gasteiger partial charge on any atom is 0.272 e. The highest BCUT2D eigenvalue weighted by Gasteiger charge is 2.61. The number of aromatic nitrogens is 4. The third kappa shape index (κ3) is 2.42. The third-order valence-electron chi connectivity index (χ3n) is 6.56. The van der Waals surface area contributed by atoms with E-state index in [-0.39, 0.29) is 18.0 Å². The molecule has 1 saturated carbocycles. The summed E-state index contributed by atoms with van der Waals surface area (Å²) < 4.78 is 1.70. The molecule has 6 rings (SSSR count). The van der Waals surface area contributed by atoms with E-state index in [1.54, 1.807) is 21.8 Å². The van der Waals surface area contributed by atoms with Gasteiger partial charge in [0, 0.05) is 35.1 Å². The number of fused-ring (bicyclic) bond motifs is 3. The Kier molecular flexibility index (Phi) is 3.91. The highest BCUT2D eigenvalue weighted by molar-refractivity contribution is 6.34. The van der Waals surface area contributed by atoms with Gasteiger partial charge in [-0.25, -0.2) is 5.10 Å². The first-order valence-corrected chi connectivity index (χ1v) is 10.7. The summed E-state index contributed by atoms with van der Waals surface area (Å²) in [6, 6.07) is 11.1. The van der Waals surface area contributed by atoms with E-state index in [1.165, 1.54) is 0 Å². The van der Waals surface area contributed by atoms with Crippen molar-refractivity contribution in [3.63, 3.8) is 0 Å². The summed E-state index contributed by atoms with van der Waals surface area (Å²) in [6.45, 7) is 0.190. The number of aryl methyl sites for hydroxylation is 1. The van der Waals surface area contributed by atoms with Gasteiger partial charge >= 0.3 is 0 Å². The van der Waals surface area contributed by atoms with Crippen LogP contribution in [0.1, 0.15) is 24.1 Å². The first-order chi connectivity index (χ1) is 15.5. The molecular weight excluding hydrogens is 428 g/mol. The number of anilines is 2. The average Bonchev–Trinajstić information content (AvgIpc) is 3.45. The number of nitrogens with zero attached hydrogens (tertiary/aromatic N) is 4. The second-order valence-corrected chi connectivity index (χ2v) is 8.73. The number of H-pyrrole nitrogens is 1. The minimum absolute atomic E-state index is 0.0204. The molecule has 8 nitrogen and oxygen atoms in total. The first kappa shape index (κ1) is 19.2. The highest BCUT2D eigenvalue weighted by atomic mass is 35.5. The number of benzene rings is 2. The van der Waals surface area contributed by atoms with Crippen molar-refractivity contribution in [2.75, 3.05) is 4.90 Å². The van der Waals surface area contributed by atoms with Gasteiger partial charge in [0.15, 0.2) is 0 Å². The minimum atomic E-state index is -0.539. The molecular formula is C23H19ClN6O2. The van der Waals surface area contributed by atoms with Crippen molar-refractivity contribution in [3.05, 3.63) is 69.2 Å². The van der Waals surface area contributed by atoms with E-state index in [9.17, 15) is 9.59 Å². The summed E-state index contributed by atoms with van der Waals surface area (Å²) in [6.07, 6.45) is 3.31. The molecule has 0 atom stereocenters. The Morgan fingerprint density at radius 1 is 1.19 bits per heavy atom. The molecule has 2 aliphatic rings. The van der Waals surface area contributed by atoms with Crippen molar-refractivity contribution >= 4 is 39.8 Å². The summed E-state index contributed by atoms with van der Waals surface area (Å²) in [7, 11) is 1.81. The number of rotatable bonds is 3. The number of carbonyl (C=O) groups excluding carboxylic acids is 1. The third-order valence-corrected chi connectivity index (χ3v) is 6.88. The fourth-order valence-corrected chi connectivity index (χ4v) is 5.20. The van der Waals surface area contributed by atoms with Crippen LogP contribution in [0.15, 0.2) is 47.4 Å². The number of amides is 1. The van der Waals surface area contributed by atoms with E-state index in [1.807, 2.05) is 37.4 Å². The van der Waals surface area contributed by atoms with E-state index in [4.69, 9.17) is 17.3 Å². The number of aromatic amines is 1. The fraction of sp³-hybridized carbons (Fsp3) is 0.217. The van der Waals surface area contributed by atoms with Crippen LogP contribution in [-0.4, -0.2) is 25.9 Å². The maximum atomic E-state index is 13.6. The van der Waals surface area contributed by atoms with Gasteiger partial charge in [-0.1, -0.05) is 23.7 Å². The van der Waals surface area contributed by atoms with Gasteiger partial charge in [-0.3, -0.25) is 19.2 Å². The molecule has 2 aromatic carbocycles. The zero-order chi connectivity index (χ0) is 22.2. The van der Waals surface area contributed by atoms with Gasteiger partial charge in [-0.2, -0.15) is 10.2 Å². The molecule has 1 spiro atoms. The van der Waals surface area contributed by atoms with Gasteiger partial charge in [0.1, 0.15) is 5.82 Å². The summed E-state index contributed by atoms with van der Waals surface area (Å²) in [5.41, 5.74) is 8.91. The van der Waals surface area contributed by atoms with Crippen molar-refractivity contribution in [1.82, 2.24) is 20.0 Å². The second-order valence-electron chi connectivity index (χ2n) is 8.33. The van der Waals surface area contributed by atoms with Gasteiger partial charge in [-0.15, -0.1) is 0 Å². The second kappa shape index (κ2) is 6.51. The Labute approximate surface area is 187 Å². The van der Waals surface area contributed by atoms with Gasteiger partial charge in [-0.05, 0) is 42.7 Å². The molecule has 3 heterocycles. The van der Waals surface area contributed by atoms with Gasteiger partial charge in [0.2, 0.25) is 5.91 Å². The van der Waals surface area contributed by atoms with Crippen LogP contribution in [0.25, 0.3) is 21.9 Å². The Balaban J connectivity index is 1.58. The fourth-order valence-electron chi connectivity index (χ4n) is 4.85. The smallest absolute Gasteiger partial charge is 0.272 e. The summed E-state index contributed by atoms with van der Waals surface area (Å²) in [5, 5.41) is 12.8. The monoisotopic (exact) mass is 446 g/mol. The Hall–Kier alpha value is -3.49. The Morgan fingerprint density at radius 2 is 2.00 bits per heavy atom. The summed E-state index contributed by atoms with van der Waals surface area (Å²) in [4.78, 5) is 27.6. The van der Waals surface area contributed by atoms with Crippen LogP contribution in [0.2, 0.25) is 5.02 Å². The number of halogens is 1. The van der Waals surface area contributed by atoms with E-state index < -0.39 is 5.41 Å². The molecule has 1 aliphatic heterocycles. The molecule has 1 amide bonds. The largest absolute Gasteiger partial charge is 0.325 e.